The highest BCUT2D eigenvalue weighted by Gasteiger charge is 2.15. The molecule has 0 aliphatic rings. The van der Waals surface area contributed by atoms with Crippen LogP contribution >= 0.6 is 12.2 Å². The summed E-state index contributed by atoms with van der Waals surface area (Å²) in [7, 11) is 1.68. The van der Waals surface area contributed by atoms with Crippen LogP contribution in [0.25, 0.3) is 10.9 Å². The van der Waals surface area contributed by atoms with E-state index in [-0.39, 0.29) is 11.0 Å². The van der Waals surface area contributed by atoms with E-state index < -0.39 is 0 Å². The van der Waals surface area contributed by atoms with Gasteiger partial charge in [0.05, 0.1) is 5.52 Å². The van der Waals surface area contributed by atoms with Crippen LogP contribution in [0.3, 0.4) is 0 Å². The fraction of sp³-hybridized carbons (Fsp3) is 0.308. The third kappa shape index (κ3) is 2.58. The van der Waals surface area contributed by atoms with Crippen LogP contribution in [0.2, 0.25) is 0 Å². The van der Waals surface area contributed by atoms with Gasteiger partial charge in [0, 0.05) is 19.0 Å². The van der Waals surface area contributed by atoms with E-state index in [1.165, 1.54) is 0 Å². The number of fused-ring (bicyclic) bond motifs is 1. The Morgan fingerprint density at radius 3 is 2.84 bits per heavy atom. The average molecular weight is 276 g/mol. The van der Waals surface area contributed by atoms with Gasteiger partial charge >= 0.3 is 0 Å². The zero-order chi connectivity index (χ0) is 13.8. The van der Waals surface area contributed by atoms with Crippen molar-refractivity contribution in [3.05, 3.63) is 24.3 Å². The summed E-state index contributed by atoms with van der Waals surface area (Å²) in [6, 6.07) is 7.72. The number of hydrogen-bond acceptors (Lipinski definition) is 3. The minimum atomic E-state index is 0.130. The first-order valence-corrected chi connectivity index (χ1v) is 6.53. The summed E-state index contributed by atoms with van der Waals surface area (Å²) in [5.74, 6) is 0.130. The number of azo groups is 1. The highest BCUT2D eigenvalue weighted by atomic mass is 32.1. The van der Waals surface area contributed by atoms with Crippen LogP contribution in [-0.4, -0.2) is 21.8 Å². The van der Waals surface area contributed by atoms with Crippen molar-refractivity contribution in [1.82, 2.24) is 9.88 Å². The number of nitrogens with zero attached hydrogens (tertiary/aromatic N) is 3. The van der Waals surface area contributed by atoms with Crippen molar-refractivity contribution < 1.29 is 5.11 Å². The molecule has 0 aliphatic carbocycles. The molecule has 0 spiro atoms. The van der Waals surface area contributed by atoms with E-state index in [1.807, 2.05) is 28.8 Å². The SMILES string of the molecule is CCCn1c(O)c(N=NC(=S)NC)c2ccccc21. The maximum atomic E-state index is 10.3. The Labute approximate surface area is 117 Å². The molecule has 0 unspecified atom stereocenters. The summed E-state index contributed by atoms with van der Waals surface area (Å²) < 4.78 is 1.84. The molecule has 2 N–H and O–H groups in total. The number of thiocarbonyl (C=S) groups is 1. The smallest absolute Gasteiger partial charge is 0.220 e. The molecule has 0 amide bonds. The molecule has 1 heterocycles. The normalized spacial score (nSPS) is 11.3. The van der Waals surface area contributed by atoms with Crippen molar-refractivity contribution >= 4 is 33.9 Å². The number of benzene rings is 1. The Hall–Kier alpha value is -1.95. The molecule has 0 saturated heterocycles. The van der Waals surface area contributed by atoms with Gasteiger partial charge in [0.2, 0.25) is 11.0 Å². The number of rotatable bonds is 3. The first kappa shape index (κ1) is 13.5. The van der Waals surface area contributed by atoms with E-state index in [9.17, 15) is 5.11 Å². The van der Waals surface area contributed by atoms with E-state index in [0.29, 0.717) is 5.69 Å². The summed E-state index contributed by atoms with van der Waals surface area (Å²) in [6.07, 6.45) is 0.928. The van der Waals surface area contributed by atoms with E-state index in [1.54, 1.807) is 7.05 Å². The lowest BCUT2D eigenvalue weighted by molar-refractivity contribution is 0.421. The summed E-state index contributed by atoms with van der Waals surface area (Å²) in [5, 5.41) is 22.1. The van der Waals surface area contributed by atoms with Crippen molar-refractivity contribution in [2.45, 2.75) is 19.9 Å². The summed E-state index contributed by atoms with van der Waals surface area (Å²) in [5.41, 5.74) is 1.41. The molecule has 1 aromatic carbocycles. The van der Waals surface area contributed by atoms with Gasteiger partial charge in [-0.2, -0.15) is 0 Å². The zero-order valence-corrected chi connectivity index (χ0v) is 11.7. The summed E-state index contributed by atoms with van der Waals surface area (Å²) in [6.45, 7) is 2.80. The molecule has 0 atom stereocenters. The molecular weight excluding hydrogens is 260 g/mol. The van der Waals surface area contributed by atoms with Crippen LogP contribution in [0.15, 0.2) is 34.5 Å². The van der Waals surface area contributed by atoms with Gasteiger partial charge in [-0.1, -0.05) is 25.1 Å². The second-order valence-corrected chi connectivity index (χ2v) is 4.48. The highest BCUT2D eigenvalue weighted by molar-refractivity contribution is 7.80. The van der Waals surface area contributed by atoms with Crippen molar-refractivity contribution in [3.63, 3.8) is 0 Å². The molecular formula is C13H16N4OS. The Morgan fingerprint density at radius 1 is 1.42 bits per heavy atom. The maximum absolute atomic E-state index is 10.3. The Morgan fingerprint density at radius 2 is 2.16 bits per heavy atom. The second kappa shape index (κ2) is 5.79. The monoisotopic (exact) mass is 276 g/mol. The minimum Gasteiger partial charge on any atom is -0.493 e. The fourth-order valence-corrected chi connectivity index (χ4v) is 2.01. The third-order valence-corrected chi connectivity index (χ3v) is 3.11. The molecule has 100 valence electrons. The third-order valence-electron chi connectivity index (χ3n) is 2.82. The van der Waals surface area contributed by atoms with Crippen LogP contribution in [0.5, 0.6) is 5.88 Å². The zero-order valence-electron chi connectivity index (χ0n) is 10.9. The molecule has 19 heavy (non-hydrogen) atoms. The van der Waals surface area contributed by atoms with Crippen molar-refractivity contribution in [3.8, 4) is 5.88 Å². The summed E-state index contributed by atoms with van der Waals surface area (Å²) >= 11 is 4.92. The van der Waals surface area contributed by atoms with Crippen LogP contribution in [0, 0.1) is 0 Å². The van der Waals surface area contributed by atoms with E-state index in [0.717, 1.165) is 23.9 Å². The topological polar surface area (TPSA) is 61.9 Å². The van der Waals surface area contributed by atoms with Gasteiger partial charge in [-0.25, -0.2) is 0 Å². The van der Waals surface area contributed by atoms with Crippen molar-refractivity contribution in [2.75, 3.05) is 7.05 Å². The molecule has 2 rings (SSSR count). The Kier molecular flexibility index (Phi) is 4.11. The maximum Gasteiger partial charge on any atom is 0.220 e. The number of aryl methyl sites for hydroxylation is 1. The average Bonchev–Trinajstić information content (AvgIpc) is 2.70. The van der Waals surface area contributed by atoms with Gasteiger partial charge in [0.15, 0.2) is 5.69 Å². The number of para-hydroxylation sites is 1. The standard InChI is InChI=1S/C13H16N4OS/c1-3-8-17-10-7-5-4-6-9(10)11(12(17)18)15-16-13(19)14-2/h4-7,18H,3,8H2,1-2H3,(H,14,19). The van der Waals surface area contributed by atoms with Gasteiger partial charge < -0.3 is 15.0 Å². The van der Waals surface area contributed by atoms with Crippen LogP contribution < -0.4 is 5.32 Å². The minimum absolute atomic E-state index is 0.130. The van der Waals surface area contributed by atoms with Crippen molar-refractivity contribution in [1.29, 1.82) is 0 Å². The number of nitrogens with one attached hydrogen (secondary N) is 1. The first-order valence-electron chi connectivity index (χ1n) is 6.12. The molecule has 5 nitrogen and oxygen atoms in total. The lowest BCUT2D eigenvalue weighted by atomic mass is 10.2. The number of aromatic nitrogens is 1. The van der Waals surface area contributed by atoms with E-state index >= 15 is 0 Å². The predicted molar refractivity (Wildman–Crippen MR) is 80.1 cm³/mol. The number of aromatic hydroxyl groups is 1. The molecule has 2 aromatic rings. The lowest BCUT2D eigenvalue weighted by Crippen LogP contribution is -2.11. The first-order chi connectivity index (χ1) is 9.19. The van der Waals surface area contributed by atoms with Gasteiger partial charge in [-0.05, 0) is 24.7 Å². The fourth-order valence-electron chi connectivity index (χ4n) is 1.97. The van der Waals surface area contributed by atoms with E-state index in [4.69, 9.17) is 12.2 Å². The van der Waals surface area contributed by atoms with Crippen molar-refractivity contribution in [2.24, 2.45) is 10.2 Å². The van der Waals surface area contributed by atoms with Crippen LogP contribution in [-0.2, 0) is 6.54 Å². The molecule has 0 fully saturated rings. The second-order valence-electron chi connectivity index (χ2n) is 4.10. The quantitative estimate of drug-likeness (QED) is 0.667. The number of hydrogen-bond donors (Lipinski definition) is 2. The predicted octanol–water partition coefficient (Wildman–Crippen LogP) is 3.34. The molecule has 0 saturated carbocycles. The Bertz CT molecular complexity index is 633. The molecule has 0 radical (unpaired) electrons. The van der Waals surface area contributed by atoms with Gasteiger partial charge in [-0.15, -0.1) is 10.2 Å². The van der Waals surface area contributed by atoms with Gasteiger partial charge in [0.25, 0.3) is 0 Å². The molecule has 0 aliphatic heterocycles. The molecule has 6 heteroatoms. The lowest BCUT2D eigenvalue weighted by Gasteiger charge is -2.03. The molecule has 0 bridgehead atoms. The van der Waals surface area contributed by atoms with Gasteiger partial charge in [0.1, 0.15) is 0 Å². The highest BCUT2D eigenvalue weighted by Crippen LogP contribution is 2.38. The largest absolute Gasteiger partial charge is 0.493 e. The Balaban J connectivity index is 2.57. The molecule has 1 aromatic heterocycles. The van der Waals surface area contributed by atoms with E-state index in [2.05, 4.69) is 22.5 Å². The van der Waals surface area contributed by atoms with Gasteiger partial charge in [-0.3, -0.25) is 0 Å². The van der Waals surface area contributed by atoms with Crippen LogP contribution in [0.1, 0.15) is 13.3 Å². The van der Waals surface area contributed by atoms with Crippen LogP contribution in [0.4, 0.5) is 5.69 Å². The summed E-state index contributed by atoms with van der Waals surface area (Å²) in [4.78, 5) is 0.